The second-order valence-corrected chi connectivity index (χ2v) is 3.30. The number of carboxylic acid groups (broad SMARTS) is 1. The highest BCUT2D eigenvalue weighted by Crippen LogP contribution is 2.10. The molecule has 1 unspecified atom stereocenters. The molecule has 0 bridgehead atoms. The van der Waals surface area contributed by atoms with Crippen LogP contribution in [0.2, 0.25) is 0 Å². The molecule has 0 aliphatic rings. The van der Waals surface area contributed by atoms with Crippen LogP contribution in [0.5, 0.6) is 0 Å². The first kappa shape index (κ1) is 10.6. The van der Waals surface area contributed by atoms with Crippen LogP contribution < -0.4 is 5.32 Å². The maximum absolute atomic E-state index is 10.9. The van der Waals surface area contributed by atoms with Crippen LogP contribution in [0.4, 0.5) is 0 Å². The molecule has 1 heterocycles. The van der Waals surface area contributed by atoms with Gasteiger partial charge in [-0.15, -0.1) is 0 Å². The standard InChI is InChI=1S/C8H14N4O2/c1-8(9-2,7(13)14)3-4-12-6-10-5-11-12/h5-6,9H,3-4H2,1-2H3,(H,13,14). The Morgan fingerprint density at radius 1 is 1.71 bits per heavy atom. The summed E-state index contributed by atoms with van der Waals surface area (Å²) in [6.45, 7) is 2.18. The lowest BCUT2D eigenvalue weighted by molar-refractivity contribution is -0.144. The van der Waals surface area contributed by atoms with Crippen molar-refractivity contribution in [3.05, 3.63) is 12.7 Å². The first-order valence-corrected chi connectivity index (χ1v) is 4.33. The molecule has 1 aromatic heterocycles. The third kappa shape index (κ3) is 2.29. The summed E-state index contributed by atoms with van der Waals surface area (Å²) < 4.78 is 1.61. The molecule has 0 amide bonds. The lowest BCUT2D eigenvalue weighted by Gasteiger charge is -2.23. The molecule has 0 aromatic carbocycles. The fourth-order valence-electron chi connectivity index (χ4n) is 1.03. The number of hydrogen-bond acceptors (Lipinski definition) is 4. The maximum Gasteiger partial charge on any atom is 0.323 e. The molecule has 0 spiro atoms. The first-order valence-electron chi connectivity index (χ1n) is 4.33. The van der Waals surface area contributed by atoms with Crippen LogP contribution >= 0.6 is 0 Å². The van der Waals surface area contributed by atoms with Crippen LogP contribution in [0.1, 0.15) is 13.3 Å². The smallest absolute Gasteiger partial charge is 0.323 e. The van der Waals surface area contributed by atoms with Gasteiger partial charge in [-0.05, 0) is 20.4 Å². The van der Waals surface area contributed by atoms with Gasteiger partial charge >= 0.3 is 5.97 Å². The Morgan fingerprint density at radius 2 is 2.43 bits per heavy atom. The van der Waals surface area contributed by atoms with E-state index < -0.39 is 11.5 Å². The average Bonchev–Trinajstić information content (AvgIpc) is 2.66. The molecule has 1 atom stereocenters. The Kier molecular flexibility index (Phi) is 3.19. The summed E-state index contributed by atoms with van der Waals surface area (Å²) in [5.41, 5.74) is -0.911. The molecule has 14 heavy (non-hydrogen) atoms. The number of likely N-dealkylation sites (N-methyl/N-ethyl adjacent to an activating group) is 1. The van der Waals surface area contributed by atoms with Crippen molar-refractivity contribution < 1.29 is 9.90 Å². The van der Waals surface area contributed by atoms with E-state index in [1.54, 1.807) is 25.0 Å². The lowest BCUT2D eigenvalue weighted by Crippen LogP contribution is -2.48. The van der Waals surface area contributed by atoms with Crippen LogP contribution in [0.25, 0.3) is 0 Å². The molecular weight excluding hydrogens is 184 g/mol. The zero-order chi connectivity index (χ0) is 10.6. The van der Waals surface area contributed by atoms with Crippen molar-refractivity contribution in [2.24, 2.45) is 0 Å². The van der Waals surface area contributed by atoms with Gasteiger partial charge in [0.2, 0.25) is 0 Å². The van der Waals surface area contributed by atoms with E-state index >= 15 is 0 Å². The van der Waals surface area contributed by atoms with E-state index in [2.05, 4.69) is 15.4 Å². The highest BCUT2D eigenvalue weighted by Gasteiger charge is 2.30. The molecule has 1 rings (SSSR count). The number of aromatic nitrogens is 3. The monoisotopic (exact) mass is 198 g/mol. The van der Waals surface area contributed by atoms with E-state index in [1.807, 2.05) is 0 Å². The molecule has 0 saturated heterocycles. The van der Waals surface area contributed by atoms with Crippen LogP contribution in [-0.4, -0.2) is 38.4 Å². The first-order chi connectivity index (χ1) is 6.58. The number of carbonyl (C=O) groups is 1. The number of rotatable bonds is 5. The molecule has 1 aromatic rings. The van der Waals surface area contributed by atoms with Crippen molar-refractivity contribution in [1.82, 2.24) is 20.1 Å². The third-order valence-corrected chi connectivity index (χ3v) is 2.33. The topological polar surface area (TPSA) is 80.0 Å². The van der Waals surface area contributed by atoms with E-state index in [1.165, 1.54) is 6.33 Å². The molecule has 0 saturated carbocycles. The third-order valence-electron chi connectivity index (χ3n) is 2.33. The SMILES string of the molecule is CNC(C)(CCn1cncn1)C(=O)O. The second-order valence-electron chi connectivity index (χ2n) is 3.30. The average molecular weight is 198 g/mol. The minimum absolute atomic E-state index is 0.461. The van der Waals surface area contributed by atoms with Gasteiger partial charge in [0.05, 0.1) is 0 Å². The van der Waals surface area contributed by atoms with E-state index in [4.69, 9.17) is 5.11 Å². The molecule has 78 valence electrons. The quantitative estimate of drug-likeness (QED) is 0.680. The molecule has 0 aliphatic carbocycles. The Morgan fingerprint density at radius 3 is 2.86 bits per heavy atom. The number of aliphatic carboxylic acids is 1. The molecule has 6 nitrogen and oxygen atoms in total. The van der Waals surface area contributed by atoms with Crippen LogP contribution in [0.3, 0.4) is 0 Å². The van der Waals surface area contributed by atoms with Gasteiger partial charge in [-0.25, -0.2) is 4.98 Å². The Labute approximate surface area is 82.0 Å². The predicted molar refractivity (Wildman–Crippen MR) is 49.7 cm³/mol. The van der Waals surface area contributed by atoms with Crippen molar-refractivity contribution >= 4 is 5.97 Å². The van der Waals surface area contributed by atoms with Gasteiger partial charge in [-0.1, -0.05) is 0 Å². The minimum atomic E-state index is -0.911. The summed E-state index contributed by atoms with van der Waals surface area (Å²) in [4.78, 5) is 14.7. The van der Waals surface area contributed by atoms with Gasteiger partial charge in [0.25, 0.3) is 0 Å². The van der Waals surface area contributed by atoms with Gasteiger partial charge in [-0.2, -0.15) is 5.10 Å². The second kappa shape index (κ2) is 4.19. The number of aryl methyl sites for hydroxylation is 1. The van der Waals surface area contributed by atoms with Crippen molar-refractivity contribution in [1.29, 1.82) is 0 Å². The van der Waals surface area contributed by atoms with E-state index in [9.17, 15) is 4.79 Å². The molecular formula is C8H14N4O2. The molecule has 0 radical (unpaired) electrons. The van der Waals surface area contributed by atoms with Crippen LogP contribution in [-0.2, 0) is 11.3 Å². The largest absolute Gasteiger partial charge is 0.480 e. The molecule has 6 heteroatoms. The summed E-state index contributed by atoms with van der Waals surface area (Å²) in [6, 6.07) is 0. The zero-order valence-electron chi connectivity index (χ0n) is 8.27. The number of hydrogen-bond donors (Lipinski definition) is 2. The minimum Gasteiger partial charge on any atom is -0.480 e. The predicted octanol–water partition coefficient (Wildman–Crippen LogP) is -0.269. The Balaban J connectivity index is 2.54. The number of carboxylic acids is 1. The Hall–Kier alpha value is -1.43. The van der Waals surface area contributed by atoms with Gasteiger partial charge in [-0.3, -0.25) is 9.48 Å². The summed E-state index contributed by atoms with van der Waals surface area (Å²) in [6.07, 6.45) is 3.46. The van der Waals surface area contributed by atoms with Crippen molar-refractivity contribution in [3.8, 4) is 0 Å². The van der Waals surface area contributed by atoms with Crippen LogP contribution in [0.15, 0.2) is 12.7 Å². The van der Waals surface area contributed by atoms with E-state index in [0.717, 1.165) is 0 Å². The molecule has 0 fully saturated rings. The molecule has 0 aliphatic heterocycles. The van der Waals surface area contributed by atoms with E-state index in [-0.39, 0.29) is 0 Å². The fourth-order valence-corrected chi connectivity index (χ4v) is 1.03. The summed E-state index contributed by atoms with van der Waals surface area (Å²) in [7, 11) is 1.63. The Bertz CT molecular complexity index is 298. The number of nitrogens with zero attached hydrogens (tertiary/aromatic N) is 3. The normalized spacial score (nSPS) is 15.0. The highest BCUT2D eigenvalue weighted by atomic mass is 16.4. The lowest BCUT2D eigenvalue weighted by atomic mass is 9.98. The summed E-state index contributed by atoms with van der Waals surface area (Å²) in [5, 5.41) is 15.6. The van der Waals surface area contributed by atoms with Crippen molar-refractivity contribution in [2.45, 2.75) is 25.4 Å². The van der Waals surface area contributed by atoms with Gasteiger partial charge in [0.1, 0.15) is 18.2 Å². The van der Waals surface area contributed by atoms with Gasteiger partial charge < -0.3 is 10.4 Å². The van der Waals surface area contributed by atoms with Gasteiger partial charge in [0, 0.05) is 6.54 Å². The molecule has 2 N–H and O–H groups in total. The van der Waals surface area contributed by atoms with Crippen LogP contribution in [0, 0.1) is 0 Å². The zero-order valence-corrected chi connectivity index (χ0v) is 8.27. The maximum atomic E-state index is 10.9. The van der Waals surface area contributed by atoms with Gasteiger partial charge in [0.15, 0.2) is 0 Å². The van der Waals surface area contributed by atoms with Crippen molar-refractivity contribution in [2.75, 3.05) is 7.05 Å². The van der Waals surface area contributed by atoms with Crippen molar-refractivity contribution in [3.63, 3.8) is 0 Å². The number of nitrogens with one attached hydrogen (secondary N) is 1. The van der Waals surface area contributed by atoms with E-state index in [0.29, 0.717) is 13.0 Å². The summed E-state index contributed by atoms with van der Waals surface area (Å²) >= 11 is 0. The highest BCUT2D eigenvalue weighted by molar-refractivity contribution is 5.78. The summed E-state index contributed by atoms with van der Waals surface area (Å²) in [5.74, 6) is -0.861. The fraction of sp³-hybridized carbons (Fsp3) is 0.625.